The molecule has 0 bridgehead atoms. The van der Waals surface area contributed by atoms with Crippen LogP contribution in [-0.4, -0.2) is 67.3 Å². The number of para-hydroxylation sites is 1. The maximum atomic E-state index is 12.0. The third kappa shape index (κ3) is 3.73. The van der Waals surface area contributed by atoms with E-state index in [1.165, 1.54) is 50.9 Å². The van der Waals surface area contributed by atoms with E-state index in [4.69, 9.17) is 4.74 Å². The van der Waals surface area contributed by atoms with Crippen molar-refractivity contribution in [3.8, 4) is 0 Å². The van der Waals surface area contributed by atoms with E-state index in [0.717, 1.165) is 26.1 Å². The van der Waals surface area contributed by atoms with Gasteiger partial charge in [-0.05, 0) is 68.6 Å². The van der Waals surface area contributed by atoms with Crippen LogP contribution in [0.25, 0.3) is 0 Å². The molecule has 1 aromatic carbocycles. The fourth-order valence-electron chi connectivity index (χ4n) is 6.25. The minimum Gasteiger partial charge on any atom is -0.450 e. The first kappa shape index (κ1) is 19.9. The molecule has 5 rings (SSSR count). The molecular formula is C25H35N3O2. The predicted molar refractivity (Wildman–Crippen MR) is 120 cm³/mol. The second-order valence-corrected chi connectivity index (χ2v) is 9.64. The van der Waals surface area contributed by atoms with Crippen LogP contribution in [0.1, 0.15) is 45.4 Å². The van der Waals surface area contributed by atoms with Gasteiger partial charge in [0.25, 0.3) is 0 Å². The number of nitrogens with zero attached hydrogens (tertiary/aromatic N) is 3. The number of ether oxygens (including phenoxy) is 1. The molecule has 3 fully saturated rings. The molecule has 5 nitrogen and oxygen atoms in total. The lowest BCUT2D eigenvalue weighted by Crippen LogP contribution is -2.53. The van der Waals surface area contributed by atoms with E-state index in [0.29, 0.717) is 24.1 Å². The second kappa shape index (κ2) is 8.26. The van der Waals surface area contributed by atoms with Gasteiger partial charge in [0.05, 0.1) is 12.6 Å². The molecule has 5 heteroatoms. The zero-order chi connectivity index (χ0) is 20.6. The van der Waals surface area contributed by atoms with Crippen molar-refractivity contribution in [1.29, 1.82) is 0 Å². The summed E-state index contributed by atoms with van der Waals surface area (Å²) in [6, 6.07) is 12.2. The van der Waals surface area contributed by atoms with Crippen molar-refractivity contribution in [2.45, 2.75) is 57.5 Å². The first-order chi connectivity index (χ1) is 14.7. The van der Waals surface area contributed by atoms with Crippen LogP contribution >= 0.6 is 0 Å². The molecule has 1 amide bonds. The van der Waals surface area contributed by atoms with Crippen molar-refractivity contribution >= 4 is 11.8 Å². The third-order valence-corrected chi connectivity index (χ3v) is 7.86. The molecule has 1 atom stereocenters. The van der Waals surface area contributed by atoms with Crippen LogP contribution in [0, 0.1) is 5.41 Å². The lowest BCUT2D eigenvalue weighted by atomic mass is 9.64. The number of carbonyl (C=O) groups is 1. The van der Waals surface area contributed by atoms with Crippen LogP contribution in [0.5, 0.6) is 0 Å². The van der Waals surface area contributed by atoms with Gasteiger partial charge in [0, 0.05) is 44.5 Å². The van der Waals surface area contributed by atoms with E-state index in [2.05, 4.69) is 46.2 Å². The highest BCUT2D eigenvalue weighted by atomic mass is 16.6. The lowest BCUT2D eigenvalue weighted by Gasteiger charge is -2.51. The second-order valence-electron chi connectivity index (χ2n) is 9.64. The number of hydrogen-bond donors (Lipinski definition) is 0. The number of amides is 1. The summed E-state index contributed by atoms with van der Waals surface area (Å²) in [5, 5.41) is 0. The summed E-state index contributed by atoms with van der Waals surface area (Å²) in [6.07, 6.45) is 9.82. The summed E-state index contributed by atoms with van der Waals surface area (Å²) in [5.41, 5.74) is 3.38. The van der Waals surface area contributed by atoms with Crippen LogP contribution in [0.2, 0.25) is 0 Å². The Morgan fingerprint density at radius 1 is 1.17 bits per heavy atom. The Morgan fingerprint density at radius 2 is 2.00 bits per heavy atom. The Morgan fingerprint density at radius 3 is 2.73 bits per heavy atom. The van der Waals surface area contributed by atoms with Crippen molar-refractivity contribution in [3.63, 3.8) is 0 Å². The Kier molecular flexibility index (Phi) is 5.48. The van der Waals surface area contributed by atoms with Gasteiger partial charge in [0.2, 0.25) is 0 Å². The Balaban J connectivity index is 1.15. The van der Waals surface area contributed by atoms with E-state index < -0.39 is 0 Å². The zero-order valence-corrected chi connectivity index (χ0v) is 18.3. The molecule has 0 unspecified atom stereocenters. The summed E-state index contributed by atoms with van der Waals surface area (Å²) < 4.78 is 5.20. The summed E-state index contributed by atoms with van der Waals surface area (Å²) in [5.74, 6) is 0. The molecule has 3 aliphatic heterocycles. The van der Waals surface area contributed by atoms with E-state index in [1.807, 2.05) is 11.8 Å². The monoisotopic (exact) mass is 409 g/mol. The van der Waals surface area contributed by atoms with Crippen LogP contribution in [0.15, 0.2) is 42.0 Å². The minimum absolute atomic E-state index is 0.122. The summed E-state index contributed by atoms with van der Waals surface area (Å²) in [7, 11) is 0. The highest BCUT2D eigenvalue weighted by Crippen LogP contribution is 2.50. The average molecular weight is 410 g/mol. The van der Waals surface area contributed by atoms with Gasteiger partial charge in [-0.25, -0.2) is 4.79 Å². The van der Waals surface area contributed by atoms with Crippen molar-refractivity contribution in [2.75, 3.05) is 44.2 Å². The molecule has 3 heterocycles. The maximum absolute atomic E-state index is 12.0. The summed E-state index contributed by atoms with van der Waals surface area (Å²) in [6.45, 7) is 7.57. The largest absolute Gasteiger partial charge is 0.450 e. The van der Waals surface area contributed by atoms with Crippen molar-refractivity contribution < 1.29 is 9.53 Å². The molecule has 1 aromatic rings. The first-order valence-electron chi connectivity index (χ1n) is 11.8. The average Bonchev–Trinajstić information content (AvgIpc) is 3.42. The molecule has 1 saturated carbocycles. The molecule has 1 aliphatic carbocycles. The van der Waals surface area contributed by atoms with Gasteiger partial charge in [0.15, 0.2) is 0 Å². The van der Waals surface area contributed by atoms with Crippen LogP contribution < -0.4 is 4.90 Å². The van der Waals surface area contributed by atoms with E-state index in [9.17, 15) is 4.79 Å². The molecule has 4 aliphatic rings. The number of rotatable bonds is 4. The van der Waals surface area contributed by atoms with Crippen LogP contribution in [0.4, 0.5) is 10.5 Å². The van der Waals surface area contributed by atoms with Crippen LogP contribution in [0.3, 0.4) is 0 Å². The minimum atomic E-state index is -0.122. The number of hydrogen-bond acceptors (Lipinski definition) is 4. The van der Waals surface area contributed by atoms with Gasteiger partial charge < -0.3 is 14.5 Å². The molecule has 2 saturated heterocycles. The fraction of sp³-hybridized carbons (Fsp3) is 0.640. The smallest absolute Gasteiger partial charge is 0.409 e. The van der Waals surface area contributed by atoms with Gasteiger partial charge in [-0.15, -0.1) is 0 Å². The standard InChI is InChI=1S/C25H35N3O2/c1-2-30-24(29)27-16-12-25(19-27)17-22(18-25)26-14-10-20(11-15-26)23-9-6-13-28(23)21-7-4-3-5-8-21/h3-5,7-8,10,22-23H,2,6,9,11-19H2,1H3/t22?,23-,25?/m0/s1. The van der Waals surface area contributed by atoms with E-state index >= 15 is 0 Å². The van der Waals surface area contributed by atoms with Gasteiger partial charge in [-0.3, -0.25) is 4.90 Å². The molecule has 30 heavy (non-hydrogen) atoms. The summed E-state index contributed by atoms with van der Waals surface area (Å²) in [4.78, 5) is 19.2. The predicted octanol–water partition coefficient (Wildman–Crippen LogP) is 4.30. The lowest BCUT2D eigenvalue weighted by molar-refractivity contribution is 0.0101. The number of anilines is 1. The SMILES string of the molecule is CCOC(=O)N1CCC2(CC(N3CC=C([C@@H]4CCCN4c4ccccc4)CC3)C2)C1. The molecule has 0 N–H and O–H groups in total. The van der Waals surface area contributed by atoms with Gasteiger partial charge in [0.1, 0.15) is 0 Å². The molecule has 0 radical (unpaired) electrons. The van der Waals surface area contributed by atoms with E-state index in [-0.39, 0.29) is 6.09 Å². The maximum Gasteiger partial charge on any atom is 0.409 e. The van der Waals surface area contributed by atoms with Crippen LogP contribution in [-0.2, 0) is 4.74 Å². The van der Waals surface area contributed by atoms with Gasteiger partial charge in [-0.2, -0.15) is 0 Å². The van der Waals surface area contributed by atoms with Gasteiger partial charge >= 0.3 is 6.09 Å². The molecule has 0 aromatic heterocycles. The van der Waals surface area contributed by atoms with Gasteiger partial charge in [-0.1, -0.05) is 24.3 Å². The van der Waals surface area contributed by atoms with Crippen molar-refractivity contribution in [3.05, 3.63) is 42.0 Å². The molecule has 162 valence electrons. The molecule has 1 spiro atoms. The Bertz CT molecular complexity index is 787. The van der Waals surface area contributed by atoms with E-state index in [1.54, 1.807) is 5.57 Å². The third-order valence-electron chi connectivity index (χ3n) is 7.86. The highest BCUT2D eigenvalue weighted by molar-refractivity contribution is 5.68. The number of carbonyl (C=O) groups excluding carboxylic acids is 1. The topological polar surface area (TPSA) is 36.0 Å². The Labute approximate surface area is 180 Å². The fourth-order valence-corrected chi connectivity index (χ4v) is 6.25. The quantitative estimate of drug-likeness (QED) is 0.695. The first-order valence-corrected chi connectivity index (χ1v) is 11.8. The summed E-state index contributed by atoms with van der Waals surface area (Å²) >= 11 is 0. The normalized spacial score (nSPS) is 31.7. The molecular weight excluding hydrogens is 374 g/mol. The Hall–Kier alpha value is -2.01. The number of likely N-dealkylation sites (tertiary alicyclic amines) is 1. The van der Waals surface area contributed by atoms with Crippen molar-refractivity contribution in [1.82, 2.24) is 9.80 Å². The highest BCUT2D eigenvalue weighted by Gasteiger charge is 2.51. The number of benzene rings is 1. The van der Waals surface area contributed by atoms with Crippen molar-refractivity contribution in [2.24, 2.45) is 5.41 Å². The zero-order valence-electron chi connectivity index (χ0n) is 18.3.